The largest absolute Gasteiger partial charge is 0.0745 e. The van der Waals surface area contributed by atoms with Gasteiger partial charge < -0.3 is 0 Å². The fraction of sp³-hybridized carbons (Fsp3) is 0.300. The molecule has 0 fully saturated rings. The number of allylic oxidation sites excluding steroid dienone is 28. The predicted molar refractivity (Wildman–Crippen MR) is 181 cm³/mol. The fourth-order valence-electron chi connectivity index (χ4n) is 4.70. The number of rotatable bonds is 9. The maximum Gasteiger partial charge on any atom is 0.00810 e. The molecular weight excluding hydrogens is 480 g/mol. The summed E-state index contributed by atoms with van der Waals surface area (Å²) in [7, 11) is 0. The summed E-state index contributed by atoms with van der Waals surface area (Å²) >= 11 is 0. The Morgan fingerprint density at radius 3 is 1.18 bits per heavy atom. The zero-order valence-electron chi connectivity index (χ0n) is 26.5. The van der Waals surface area contributed by atoms with Gasteiger partial charge in [0, 0.05) is 10.8 Å². The maximum absolute atomic E-state index is 2.26. The molecule has 0 spiro atoms. The molecule has 0 saturated heterocycles. The fourth-order valence-corrected chi connectivity index (χ4v) is 4.70. The summed E-state index contributed by atoms with van der Waals surface area (Å²) in [5.74, 6) is 0. The summed E-state index contributed by atoms with van der Waals surface area (Å²) in [6.45, 7) is 22.0. The summed E-state index contributed by atoms with van der Waals surface area (Å²) in [5, 5.41) is 0. The molecule has 0 N–H and O–H groups in total. The van der Waals surface area contributed by atoms with E-state index >= 15 is 0 Å². The minimum atomic E-state index is 0.0766. The third-order valence-corrected chi connectivity index (χ3v) is 7.25. The smallest absolute Gasteiger partial charge is 0.00810 e. The van der Waals surface area contributed by atoms with E-state index in [-0.39, 0.29) is 10.8 Å². The molecule has 0 atom stereocenters. The first-order chi connectivity index (χ1) is 18.8. The Hall–Kier alpha value is -3.64. The molecule has 2 aliphatic carbocycles. The summed E-state index contributed by atoms with van der Waals surface area (Å²) in [4.78, 5) is 0. The van der Waals surface area contributed by atoms with Gasteiger partial charge in [0.1, 0.15) is 0 Å². The predicted octanol–water partition coefficient (Wildman–Crippen LogP) is 11.9. The molecule has 0 amide bonds. The standard InChI is InChI=1S/C40H50/c1-31(19-13-21-33(3)25-27-37-35(5)23-15-29-39(37,7)8)17-11-12-18-32(2)20-14-22-34(4)26-28-38-36(6)24-16-30-40(38,9)10/h11-30H,1-10H3/b17-11+,18-12+,21-13+,22-14+,31-19+,32-20+,33-25+,34-26+,37-27+,38-28+. The molecule has 0 aliphatic heterocycles. The van der Waals surface area contributed by atoms with Gasteiger partial charge in [-0.2, -0.15) is 0 Å². The van der Waals surface area contributed by atoms with Gasteiger partial charge in [-0.25, -0.2) is 0 Å². The van der Waals surface area contributed by atoms with Crippen molar-refractivity contribution < 1.29 is 0 Å². The van der Waals surface area contributed by atoms with E-state index in [0.29, 0.717) is 0 Å². The van der Waals surface area contributed by atoms with Crippen molar-refractivity contribution in [3.8, 4) is 0 Å². The van der Waals surface area contributed by atoms with Crippen molar-refractivity contribution in [3.63, 3.8) is 0 Å². The molecule has 2 aliphatic rings. The minimum absolute atomic E-state index is 0.0766. The molecule has 0 radical (unpaired) electrons. The van der Waals surface area contributed by atoms with Crippen molar-refractivity contribution in [2.45, 2.75) is 69.2 Å². The highest BCUT2D eigenvalue weighted by molar-refractivity contribution is 5.47. The molecule has 0 saturated carbocycles. The first-order valence-corrected chi connectivity index (χ1v) is 14.4. The van der Waals surface area contributed by atoms with Crippen LogP contribution in [0.1, 0.15) is 69.2 Å². The van der Waals surface area contributed by atoms with Crippen molar-refractivity contribution in [2.24, 2.45) is 10.8 Å². The van der Waals surface area contributed by atoms with E-state index in [4.69, 9.17) is 0 Å². The van der Waals surface area contributed by atoms with Gasteiger partial charge in [-0.1, -0.05) is 172 Å². The van der Waals surface area contributed by atoms with Crippen LogP contribution in [0, 0.1) is 10.8 Å². The lowest BCUT2D eigenvalue weighted by molar-refractivity contribution is 0.582. The average Bonchev–Trinajstić information content (AvgIpc) is 2.85. The van der Waals surface area contributed by atoms with Crippen molar-refractivity contribution >= 4 is 0 Å². The summed E-state index contributed by atoms with van der Waals surface area (Å²) in [6, 6.07) is 0. The van der Waals surface area contributed by atoms with Crippen LogP contribution < -0.4 is 0 Å². The second-order valence-corrected chi connectivity index (χ2v) is 12.1. The molecular formula is C40H50. The van der Waals surface area contributed by atoms with E-state index in [0.717, 1.165) is 0 Å². The Kier molecular flexibility index (Phi) is 12.4. The van der Waals surface area contributed by atoms with Gasteiger partial charge in [-0.15, -0.1) is 0 Å². The highest BCUT2D eigenvalue weighted by atomic mass is 14.3. The Labute approximate surface area is 245 Å². The average molecular weight is 531 g/mol. The molecule has 0 aromatic carbocycles. The molecule has 2 rings (SSSR count). The van der Waals surface area contributed by atoms with Crippen LogP contribution in [0.15, 0.2) is 166 Å². The van der Waals surface area contributed by atoms with Gasteiger partial charge in [-0.05, 0) is 63.8 Å². The maximum atomic E-state index is 2.26. The van der Waals surface area contributed by atoms with Crippen LogP contribution in [0.25, 0.3) is 0 Å². The number of hydrogen-bond acceptors (Lipinski definition) is 0. The minimum Gasteiger partial charge on any atom is -0.0745 e. The van der Waals surface area contributed by atoms with E-state index in [1.807, 2.05) is 0 Å². The van der Waals surface area contributed by atoms with Crippen molar-refractivity contribution in [1.29, 1.82) is 0 Å². The lowest BCUT2D eigenvalue weighted by Gasteiger charge is -2.27. The zero-order chi connectivity index (χ0) is 29.8. The van der Waals surface area contributed by atoms with Gasteiger partial charge in [0.05, 0.1) is 0 Å². The van der Waals surface area contributed by atoms with Crippen LogP contribution in [-0.4, -0.2) is 0 Å². The van der Waals surface area contributed by atoms with Crippen LogP contribution in [0.2, 0.25) is 0 Å². The molecule has 0 bridgehead atoms. The monoisotopic (exact) mass is 530 g/mol. The Bertz CT molecular complexity index is 1240. The van der Waals surface area contributed by atoms with E-state index in [2.05, 4.69) is 191 Å². The van der Waals surface area contributed by atoms with Gasteiger partial charge in [0.25, 0.3) is 0 Å². The van der Waals surface area contributed by atoms with Gasteiger partial charge in [0.2, 0.25) is 0 Å². The van der Waals surface area contributed by atoms with Crippen LogP contribution in [0.4, 0.5) is 0 Å². The first-order valence-electron chi connectivity index (χ1n) is 14.4. The van der Waals surface area contributed by atoms with Gasteiger partial charge >= 0.3 is 0 Å². The normalized spacial score (nSPS) is 22.6. The molecule has 0 nitrogen and oxygen atoms in total. The van der Waals surface area contributed by atoms with E-state index in [1.54, 1.807) is 0 Å². The second-order valence-electron chi connectivity index (χ2n) is 12.1. The van der Waals surface area contributed by atoms with E-state index in [1.165, 1.54) is 44.6 Å². The van der Waals surface area contributed by atoms with E-state index < -0.39 is 0 Å². The van der Waals surface area contributed by atoms with Gasteiger partial charge in [0.15, 0.2) is 0 Å². The highest BCUT2D eigenvalue weighted by Gasteiger charge is 2.23. The zero-order valence-corrected chi connectivity index (χ0v) is 26.5. The van der Waals surface area contributed by atoms with Crippen molar-refractivity contribution in [3.05, 3.63) is 166 Å². The lowest BCUT2D eigenvalue weighted by Crippen LogP contribution is -2.14. The molecule has 0 aromatic heterocycles. The van der Waals surface area contributed by atoms with Crippen LogP contribution >= 0.6 is 0 Å². The first kappa shape index (κ1) is 32.6. The highest BCUT2D eigenvalue weighted by Crippen LogP contribution is 2.37. The van der Waals surface area contributed by atoms with Crippen molar-refractivity contribution in [1.82, 2.24) is 0 Å². The van der Waals surface area contributed by atoms with Crippen LogP contribution in [0.5, 0.6) is 0 Å². The summed E-state index contributed by atoms with van der Waals surface area (Å²) in [5.41, 5.74) is 10.5. The Morgan fingerprint density at radius 1 is 0.500 bits per heavy atom. The molecule has 0 unspecified atom stereocenters. The SMILES string of the molecule is CC1=CC=CC(C)(C)/C1=C/C=C(C)/C=C/C=C(C)/C=C/C=C/C(C)=C/C=C/C(C)=C/C=C1\C(C)=CC=CC1(C)C. The Balaban J connectivity index is 1.90. The second kappa shape index (κ2) is 15.2. The van der Waals surface area contributed by atoms with E-state index in [9.17, 15) is 0 Å². The third-order valence-electron chi connectivity index (χ3n) is 7.25. The molecule has 0 aromatic rings. The molecule has 0 heterocycles. The molecule has 40 heavy (non-hydrogen) atoms. The lowest BCUT2D eigenvalue weighted by atomic mass is 9.77. The molecule has 0 heteroatoms. The third kappa shape index (κ3) is 10.9. The van der Waals surface area contributed by atoms with Gasteiger partial charge in [-0.3, -0.25) is 0 Å². The Morgan fingerprint density at radius 2 is 0.825 bits per heavy atom. The quantitative estimate of drug-likeness (QED) is 0.260. The van der Waals surface area contributed by atoms with Crippen molar-refractivity contribution in [2.75, 3.05) is 0 Å². The summed E-state index contributed by atoms with van der Waals surface area (Å²) < 4.78 is 0. The molecule has 210 valence electrons. The number of hydrogen-bond donors (Lipinski definition) is 0. The van der Waals surface area contributed by atoms with Crippen LogP contribution in [-0.2, 0) is 0 Å². The van der Waals surface area contributed by atoms with Crippen LogP contribution in [0.3, 0.4) is 0 Å². The topological polar surface area (TPSA) is 0 Å². The summed E-state index contributed by atoms with van der Waals surface area (Å²) in [6.07, 6.45) is 43.4.